The molecule has 1 fully saturated rings. The second kappa shape index (κ2) is 14.7. The van der Waals surface area contributed by atoms with Crippen molar-refractivity contribution in [1.82, 2.24) is 15.1 Å². The Morgan fingerprint density at radius 1 is 0.915 bits per heavy atom. The Morgan fingerprint density at radius 2 is 1.66 bits per heavy atom. The molecule has 0 aliphatic carbocycles. The number of nitrogens with one attached hydrogen (secondary N) is 1. The molecule has 1 unspecified atom stereocenters. The average molecular weight is 655 g/mol. The van der Waals surface area contributed by atoms with Gasteiger partial charge in [-0.05, 0) is 54.8 Å². The summed E-state index contributed by atoms with van der Waals surface area (Å²) in [6, 6.07) is 22.7. The lowest BCUT2D eigenvalue weighted by molar-refractivity contribution is -0.132. The van der Waals surface area contributed by atoms with E-state index in [0.717, 1.165) is 29.9 Å². The van der Waals surface area contributed by atoms with E-state index >= 15 is 0 Å². The van der Waals surface area contributed by atoms with Crippen LogP contribution in [-0.4, -0.2) is 97.3 Å². The van der Waals surface area contributed by atoms with Crippen molar-refractivity contribution in [2.75, 3.05) is 57.6 Å². The molecule has 3 amide bonds. The maximum atomic E-state index is 13.3. The van der Waals surface area contributed by atoms with Crippen molar-refractivity contribution in [2.24, 2.45) is 9.98 Å². The monoisotopic (exact) mass is 654 g/mol. The third-order valence-corrected chi connectivity index (χ3v) is 9.46. The van der Waals surface area contributed by atoms with Crippen LogP contribution in [0.1, 0.15) is 24.0 Å². The molecule has 1 atom stereocenters. The van der Waals surface area contributed by atoms with Gasteiger partial charge in [-0.3, -0.25) is 19.3 Å². The molecule has 0 spiro atoms. The van der Waals surface area contributed by atoms with Crippen LogP contribution in [-0.2, 0) is 20.8 Å². The van der Waals surface area contributed by atoms with Gasteiger partial charge in [0.1, 0.15) is 11.9 Å². The minimum Gasteiger partial charge on any atom is -0.493 e. The first-order valence-corrected chi connectivity index (χ1v) is 16.7. The van der Waals surface area contributed by atoms with Gasteiger partial charge in [-0.1, -0.05) is 48.2 Å². The number of carbonyl (C=O) groups is 3. The third kappa shape index (κ3) is 7.27. The van der Waals surface area contributed by atoms with Crippen molar-refractivity contribution in [3.05, 3.63) is 83.9 Å². The highest BCUT2D eigenvalue weighted by Crippen LogP contribution is 2.35. The van der Waals surface area contributed by atoms with Crippen LogP contribution < -0.4 is 19.7 Å². The number of thioether (sulfide) groups is 1. The number of amidine groups is 2. The van der Waals surface area contributed by atoms with E-state index in [1.165, 1.54) is 11.8 Å². The van der Waals surface area contributed by atoms with E-state index in [1.54, 1.807) is 14.2 Å². The smallest absolute Gasteiger partial charge is 0.270 e. The van der Waals surface area contributed by atoms with Crippen molar-refractivity contribution in [3.8, 4) is 11.5 Å². The number of methoxy groups -OCH3 is 2. The summed E-state index contributed by atoms with van der Waals surface area (Å²) >= 11 is 1.26. The number of carbonyl (C=O) groups excluding carboxylic acids is 3. The van der Waals surface area contributed by atoms with Crippen LogP contribution in [0.2, 0.25) is 0 Å². The Hall–Kier alpha value is -4.84. The second-order valence-corrected chi connectivity index (χ2v) is 12.3. The molecule has 244 valence electrons. The van der Waals surface area contributed by atoms with Gasteiger partial charge < -0.3 is 24.6 Å². The largest absolute Gasteiger partial charge is 0.493 e. The first kappa shape index (κ1) is 32.1. The Bertz CT molecular complexity index is 1690. The van der Waals surface area contributed by atoms with Gasteiger partial charge in [0.2, 0.25) is 11.8 Å². The zero-order chi connectivity index (χ0) is 32.8. The van der Waals surface area contributed by atoms with Crippen LogP contribution in [0.15, 0.2) is 82.8 Å². The Balaban J connectivity index is 1.06. The lowest BCUT2D eigenvalue weighted by atomic mass is 10.1. The van der Waals surface area contributed by atoms with E-state index in [2.05, 4.69) is 27.3 Å². The van der Waals surface area contributed by atoms with Gasteiger partial charge in [0, 0.05) is 50.4 Å². The van der Waals surface area contributed by atoms with E-state index in [1.807, 2.05) is 70.5 Å². The number of anilines is 1. The zero-order valence-electron chi connectivity index (χ0n) is 26.6. The van der Waals surface area contributed by atoms with Crippen LogP contribution in [0.5, 0.6) is 11.5 Å². The number of piperazine rings is 1. The quantitative estimate of drug-likeness (QED) is 0.331. The highest BCUT2D eigenvalue weighted by atomic mass is 32.2. The van der Waals surface area contributed by atoms with Crippen LogP contribution >= 0.6 is 11.8 Å². The summed E-state index contributed by atoms with van der Waals surface area (Å²) in [4.78, 5) is 54.6. The first-order valence-electron chi connectivity index (χ1n) is 15.7. The van der Waals surface area contributed by atoms with E-state index in [0.29, 0.717) is 60.7 Å². The molecule has 3 heterocycles. The molecule has 3 aliphatic heterocycles. The molecular weight excluding hydrogens is 616 g/mol. The SMILES string of the molecule is COc1ccc(CCNC(=O)CSC2=Nc3ccccc3C3=NC(=O)C(CCC(=O)N4CCN(c5ccccc5)CC4)N23)cc1OC. The van der Waals surface area contributed by atoms with E-state index in [-0.39, 0.29) is 29.9 Å². The lowest BCUT2D eigenvalue weighted by Gasteiger charge is -2.36. The number of benzene rings is 3. The number of para-hydroxylation sites is 2. The first-order chi connectivity index (χ1) is 22.9. The summed E-state index contributed by atoms with van der Waals surface area (Å²) in [5.41, 5.74) is 3.62. The molecule has 6 rings (SSSR count). The van der Waals surface area contributed by atoms with E-state index in [4.69, 9.17) is 14.5 Å². The highest BCUT2D eigenvalue weighted by molar-refractivity contribution is 8.14. The van der Waals surface area contributed by atoms with Gasteiger partial charge in [0.05, 0.1) is 25.7 Å². The molecule has 3 aromatic rings. The summed E-state index contributed by atoms with van der Waals surface area (Å²) in [7, 11) is 3.18. The molecule has 12 heteroatoms. The molecule has 11 nitrogen and oxygen atoms in total. The fourth-order valence-corrected chi connectivity index (χ4v) is 6.89. The van der Waals surface area contributed by atoms with Crippen LogP contribution in [0, 0.1) is 0 Å². The number of hydrogen-bond donors (Lipinski definition) is 1. The summed E-state index contributed by atoms with van der Waals surface area (Å²) in [5.74, 6) is 1.50. The van der Waals surface area contributed by atoms with Gasteiger partial charge in [-0.15, -0.1) is 0 Å². The minimum absolute atomic E-state index is 0.0244. The third-order valence-electron chi connectivity index (χ3n) is 8.51. The molecule has 47 heavy (non-hydrogen) atoms. The molecule has 3 aliphatic rings. The number of hydrogen-bond acceptors (Lipinski definition) is 9. The Kier molecular flexibility index (Phi) is 10.1. The van der Waals surface area contributed by atoms with Crippen LogP contribution in [0.4, 0.5) is 11.4 Å². The predicted octanol–water partition coefficient (Wildman–Crippen LogP) is 3.88. The second-order valence-electron chi connectivity index (χ2n) is 11.4. The van der Waals surface area contributed by atoms with Gasteiger partial charge in [-0.25, -0.2) is 4.99 Å². The molecule has 0 bridgehead atoms. The number of ether oxygens (including phenoxy) is 2. The molecule has 1 saturated heterocycles. The van der Waals surface area contributed by atoms with Crippen molar-refractivity contribution in [3.63, 3.8) is 0 Å². The standard InChI is InChI=1S/C35H38N6O5S/c1-45-29-14-12-24(22-30(29)46-2)16-17-36-31(42)23-47-35-37-27-11-7-6-10-26(27)33-38-34(44)28(41(33)35)13-15-32(43)40-20-18-39(19-21-40)25-8-4-3-5-9-25/h3-12,14,22,28H,13,15-21,23H2,1-2H3,(H,36,42). The fourth-order valence-electron chi connectivity index (χ4n) is 6.01. The average Bonchev–Trinajstić information content (AvgIpc) is 3.45. The number of aliphatic imine (C=N–C) groups is 2. The van der Waals surface area contributed by atoms with Crippen molar-refractivity contribution >= 4 is 51.9 Å². The fraction of sp³-hybridized carbons (Fsp3) is 0.343. The molecule has 1 N–H and O–H groups in total. The maximum absolute atomic E-state index is 13.3. The minimum atomic E-state index is -0.660. The van der Waals surface area contributed by atoms with Gasteiger partial charge in [-0.2, -0.15) is 4.99 Å². The van der Waals surface area contributed by atoms with E-state index < -0.39 is 6.04 Å². The summed E-state index contributed by atoms with van der Waals surface area (Å²) in [6.07, 6.45) is 1.15. The Morgan fingerprint density at radius 3 is 2.43 bits per heavy atom. The molecular formula is C35H38N6O5S. The van der Waals surface area contributed by atoms with Gasteiger partial charge in [0.15, 0.2) is 16.7 Å². The number of amides is 3. The van der Waals surface area contributed by atoms with Crippen LogP contribution in [0.25, 0.3) is 0 Å². The number of rotatable bonds is 11. The molecule has 0 saturated carbocycles. The topological polar surface area (TPSA) is 116 Å². The van der Waals surface area contributed by atoms with Crippen LogP contribution in [0.3, 0.4) is 0 Å². The molecule has 0 radical (unpaired) electrons. The lowest BCUT2D eigenvalue weighted by Crippen LogP contribution is -2.49. The van der Waals surface area contributed by atoms with Gasteiger partial charge in [0.25, 0.3) is 5.91 Å². The molecule has 0 aromatic heterocycles. The van der Waals surface area contributed by atoms with Crippen molar-refractivity contribution in [2.45, 2.75) is 25.3 Å². The normalized spacial score (nSPS) is 17.0. The maximum Gasteiger partial charge on any atom is 0.270 e. The van der Waals surface area contributed by atoms with Crippen molar-refractivity contribution in [1.29, 1.82) is 0 Å². The highest BCUT2D eigenvalue weighted by Gasteiger charge is 2.42. The summed E-state index contributed by atoms with van der Waals surface area (Å²) in [6.45, 7) is 3.24. The predicted molar refractivity (Wildman–Crippen MR) is 184 cm³/mol. The molecule has 3 aromatic carbocycles. The van der Waals surface area contributed by atoms with Crippen molar-refractivity contribution < 1.29 is 23.9 Å². The number of nitrogens with zero attached hydrogens (tertiary/aromatic N) is 5. The van der Waals surface area contributed by atoms with E-state index in [9.17, 15) is 14.4 Å². The Labute approximate surface area is 278 Å². The summed E-state index contributed by atoms with van der Waals surface area (Å²) < 4.78 is 10.7. The van der Waals surface area contributed by atoms with Gasteiger partial charge >= 0.3 is 0 Å². The number of fused-ring (bicyclic) bond motifs is 3. The summed E-state index contributed by atoms with van der Waals surface area (Å²) in [5, 5.41) is 3.49. The zero-order valence-corrected chi connectivity index (χ0v) is 27.4.